The Morgan fingerprint density at radius 3 is 2.37 bits per heavy atom. The topological polar surface area (TPSA) is 73.6 Å². The minimum Gasteiger partial charge on any atom is -0.497 e. The molecule has 3 N–H and O–H groups in total. The van der Waals surface area contributed by atoms with Gasteiger partial charge in [0.2, 0.25) is 0 Å². The Labute approximate surface area is 114 Å². The summed E-state index contributed by atoms with van der Waals surface area (Å²) in [6, 6.07) is 7.14. The van der Waals surface area contributed by atoms with Gasteiger partial charge < -0.3 is 20.5 Å². The molecule has 0 aliphatic heterocycles. The molecule has 1 amide bonds. The third-order valence-electron chi connectivity index (χ3n) is 2.41. The van der Waals surface area contributed by atoms with E-state index < -0.39 is 11.7 Å². The highest BCUT2D eigenvalue weighted by molar-refractivity contribution is 5.67. The van der Waals surface area contributed by atoms with Crippen molar-refractivity contribution in [2.45, 2.75) is 32.4 Å². The molecule has 0 unspecified atom stereocenters. The highest BCUT2D eigenvalue weighted by Gasteiger charge is 2.16. The largest absolute Gasteiger partial charge is 0.497 e. The van der Waals surface area contributed by atoms with E-state index in [1.165, 1.54) is 0 Å². The molecule has 5 heteroatoms. The Balaban J connectivity index is 2.46. The number of amides is 1. The molecule has 1 atom stereocenters. The smallest absolute Gasteiger partial charge is 0.407 e. The van der Waals surface area contributed by atoms with Gasteiger partial charge in [-0.1, -0.05) is 12.1 Å². The molecule has 1 aromatic rings. The maximum absolute atomic E-state index is 11.5. The van der Waals surface area contributed by atoms with Gasteiger partial charge in [-0.2, -0.15) is 0 Å². The summed E-state index contributed by atoms with van der Waals surface area (Å²) in [5.74, 6) is 0.774. The van der Waals surface area contributed by atoms with Crippen molar-refractivity contribution in [1.29, 1.82) is 0 Å². The summed E-state index contributed by atoms with van der Waals surface area (Å²) in [5, 5.41) is 2.65. The van der Waals surface area contributed by atoms with Crippen LogP contribution in [0.25, 0.3) is 0 Å². The van der Waals surface area contributed by atoms with Crippen molar-refractivity contribution >= 4 is 6.09 Å². The van der Waals surface area contributed by atoms with Crippen LogP contribution in [0, 0.1) is 0 Å². The molecule has 0 aliphatic rings. The Morgan fingerprint density at radius 1 is 1.32 bits per heavy atom. The standard InChI is InChI=1S/C14H22N2O3/c1-14(2,3)19-13(17)16-9-12(15)10-5-7-11(18-4)8-6-10/h5-8,12H,9,15H2,1-4H3,(H,16,17)/t12-/m0/s1. The van der Waals surface area contributed by atoms with Gasteiger partial charge in [-0.3, -0.25) is 0 Å². The Hall–Kier alpha value is -1.75. The van der Waals surface area contributed by atoms with E-state index in [0.29, 0.717) is 6.54 Å². The number of alkyl carbamates (subject to hydrolysis) is 1. The van der Waals surface area contributed by atoms with E-state index in [1.54, 1.807) is 7.11 Å². The molecule has 0 spiro atoms. The number of carbonyl (C=O) groups is 1. The molecule has 5 nitrogen and oxygen atoms in total. The van der Waals surface area contributed by atoms with E-state index in [2.05, 4.69) is 5.32 Å². The van der Waals surface area contributed by atoms with Crippen molar-refractivity contribution in [1.82, 2.24) is 5.32 Å². The van der Waals surface area contributed by atoms with Gasteiger partial charge >= 0.3 is 6.09 Å². The average Bonchev–Trinajstić information content (AvgIpc) is 2.34. The van der Waals surface area contributed by atoms with Crippen molar-refractivity contribution in [3.8, 4) is 5.75 Å². The first-order chi connectivity index (χ1) is 8.81. The summed E-state index contributed by atoms with van der Waals surface area (Å²) in [7, 11) is 1.61. The highest BCUT2D eigenvalue weighted by Crippen LogP contribution is 2.15. The van der Waals surface area contributed by atoms with Gasteiger partial charge in [-0.25, -0.2) is 4.79 Å². The van der Waals surface area contributed by atoms with Crippen LogP contribution >= 0.6 is 0 Å². The zero-order valence-corrected chi connectivity index (χ0v) is 11.9. The van der Waals surface area contributed by atoms with E-state index in [1.807, 2.05) is 45.0 Å². The quantitative estimate of drug-likeness (QED) is 0.876. The van der Waals surface area contributed by atoms with E-state index >= 15 is 0 Å². The first kappa shape index (κ1) is 15.3. The maximum Gasteiger partial charge on any atom is 0.407 e. The summed E-state index contributed by atoms with van der Waals surface area (Å²) in [4.78, 5) is 11.5. The predicted octanol–water partition coefficient (Wildman–Crippen LogP) is 2.22. The molecule has 0 saturated heterocycles. The van der Waals surface area contributed by atoms with Gasteiger partial charge in [0.1, 0.15) is 11.4 Å². The molecule has 0 aromatic heterocycles. The molecular formula is C14H22N2O3. The zero-order valence-electron chi connectivity index (χ0n) is 11.9. The summed E-state index contributed by atoms with van der Waals surface area (Å²) in [6.45, 7) is 5.77. The fourth-order valence-corrected chi connectivity index (χ4v) is 1.48. The number of hydrogen-bond donors (Lipinski definition) is 2. The first-order valence-corrected chi connectivity index (χ1v) is 6.18. The molecule has 106 valence electrons. The molecule has 0 bridgehead atoms. The number of nitrogens with two attached hydrogens (primary N) is 1. The van der Waals surface area contributed by atoms with Crippen molar-refractivity contribution < 1.29 is 14.3 Å². The fraction of sp³-hybridized carbons (Fsp3) is 0.500. The average molecular weight is 266 g/mol. The number of rotatable bonds is 4. The first-order valence-electron chi connectivity index (χ1n) is 6.18. The van der Waals surface area contributed by atoms with Crippen LogP contribution in [0.5, 0.6) is 5.75 Å². The Morgan fingerprint density at radius 2 is 1.89 bits per heavy atom. The minimum absolute atomic E-state index is 0.279. The van der Waals surface area contributed by atoms with Gasteiger partial charge in [0.05, 0.1) is 7.11 Å². The number of carbonyl (C=O) groups excluding carboxylic acids is 1. The SMILES string of the molecule is COc1ccc([C@@H](N)CNC(=O)OC(C)(C)C)cc1. The monoisotopic (exact) mass is 266 g/mol. The zero-order chi connectivity index (χ0) is 14.5. The van der Waals surface area contributed by atoms with Gasteiger partial charge in [-0.05, 0) is 38.5 Å². The van der Waals surface area contributed by atoms with Crippen LogP contribution in [0.2, 0.25) is 0 Å². The summed E-state index contributed by atoms with van der Waals surface area (Å²) in [5.41, 5.74) is 6.41. The lowest BCUT2D eigenvalue weighted by molar-refractivity contribution is 0.0524. The van der Waals surface area contributed by atoms with Crippen LogP contribution in [0.4, 0.5) is 4.79 Å². The molecule has 1 aromatic carbocycles. The molecule has 0 heterocycles. The fourth-order valence-electron chi connectivity index (χ4n) is 1.48. The maximum atomic E-state index is 11.5. The third-order valence-corrected chi connectivity index (χ3v) is 2.41. The molecular weight excluding hydrogens is 244 g/mol. The van der Waals surface area contributed by atoms with E-state index in [9.17, 15) is 4.79 Å². The van der Waals surface area contributed by atoms with Gasteiger partial charge in [0.15, 0.2) is 0 Å². The number of methoxy groups -OCH3 is 1. The Kier molecular flexibility index (Phi) is 5.18. The van der Waals surface area contributed by atoms with Crippen LogP contribution in [0.15, 0.2) is 24.3 Å². The van der Waals surface area contributed by atoms with Gasteiger partial charge in [0, 0.05) is 12.6 Å². The summed E-state index contributed by atoms with van der Waals surface area (Å²) >= 11 is 0. The van der Waals surface area contributed by atoms with Crippen LogP contribution in [-0.4, -0.2) is 25.3 Å². The number of benzene rings is 1. The molecule has 1 rings (SSSR count). The lowest BCUT2D eigenvalue weighted by atomic mass is 10.1. The van der Waals surface area contributed by atoms with Crippen LogP contribution in [0.3, 0.4) is 0 Å². The second-order valence-corrected chi connectivity index (χ2v) is 5.26. The van der Waals surface area contributed by atoms with Crippen molar-refractivity contribution in [3.05, 3.63) is 29.8 Å². The van der Waals surface area contributed by atoms with Crippen LogP contribution in [0.1, 0.15) is 32.4 Å². The third kappa shape index (κ3) is 5.61. The molecule has 0 aliphatic carbocycles. The van der Waals surface area contributed by atoms with E-state index in [4.69, 9.17) is 15.2 Å². The second-order valence-electron chi connectivity index (χ2n) is 5.26. The normalized spacial score (nSPS) is 12.7. The van der Waals surface area contributed by atoms with Crippen molar-refractivity contribution in [2.24, 2.45) is 5.73 Å². The van der Waals surface area contributed by atoms with Crippen LogP contribution < -0.4 is 15.8 Å². The lowest BCUT2D eigenvalue weighted by Crippen LogP contribution is -2.36. The Bertz CT molecular complexity index is 410. The molecule has 0 fully saturated rings. The number of nitrogens with one attached hydrogen (secondary N) is 1. The number of ether oxygens (including phenoxy) is 2. The second kappa shape index (κ2) is 6.43. The van der Waals surface area contributed by atoms with E-state index in [0.717, 1.165) is 11.3 Å². The molecule has 0 saturated carbocycles. The van der Waals surface area contributed by atoms with E-state index in [-0.39, 0.29) is 6.04 Å². The van der Waals surface area contributed by atoms with Crippen LogP contribution in [-0.2, 0) is 4.74 Å². The summed E-state index contributed by atoms with van der Waals surface area (Å²) in [6.07, 6.45) is -0.462. The lowest BCUT2D eigenvalue weighted by Gasteiger charge is -2.21. The molecule has 0 radical (unpaired) electrons. The van der Waals surface area contributed by atoms with Gasteiger partial charge in [0.25, 0.3) is 0 Å². The molecule has 19 heavy (non-hydrogen) atoms. The highest BCUT2D eigenvalue weighted by atomic mass is 16.6. The van der Waals surface area contributed by atoms with Gasteiger partial charge in [-0.15, -0.1) is 0 Å². The summed E-state index contributed by atoms with van der Waals surface area (Å²) < 4.78 is 10.2. The van der Waals surface area contributed by atoms with Crippen molar-refractivity contribution in [2.75, 3.05) is 13.7 Å². The van der Waals surface area contributed by atoms with Crippen molar-refractivity contribution in [3.63, 3.8) is 0 Å². The predicted molar refractivity (Wildman–Crippen MR) is 74.2 cm³/mol. The minimum atomic E-state index is -0.506. The number of hydrogen-bond acceptors (Lipinski definition) is 4.